The zero-order valence-corrected chi connectivity index (χ0v) is 22.8. The second-order valence-corrected chi connectivity index (χ2v) is 10.5. The largest absolute Gasteiger partial charge is 0.463 e. The van der Waals surface area contributed by atoms with Crippen LogP contribution in [0.4, 0.5) is 0 Å². The molecule has 2 aromatic heterocycles. The summed E-state index contributed by atoms with van der Waals surface area (Å²) >= 11 is 4.68. The molecule has 10 heteroatoms. The first-order chi connectivity index (χ1) is 18.4. The first-order valence-corrected chi connectivity index (χ1v) is 13.5. The van der Waals surface area contributed by atoms with Crippen LogP contribution >= 0.6 is 27.3 Å². The number of hydrogen-bond donors (Lipinski definition) is 0. The molecule has 192 valence electrons. The first kappa shape index (κ1) is 24.4. The second kappa shape index (κ2) is 9.77. The van der Waals surface area contributed by atoms with E-state index in [4.69, 9.17) is 18.6 Å². The highest BCUT2D eigenvalue weighted by Crippen LogP contribution is 2.38. The molecule has 0 spiro atoms. The van der Waals surface area contributed by atoms with Crippen LogP contribution in [0, 0.1) is 0 Å². The lowest BCUT2D eigenvalue weighted by Gasteiger charge is -2.24. The molecular formula is C28H21BrN2O6S. The number of rotatable bonds is 5. The maximum atomic E-state index is 13.8. The third kappa shape index (κ3) is 4.29. The lowest BCUT2D eigenvalue weighted by Crippen LogP contribution is -2.39. The smallest absolute Gasteiger partial charge is 0.338 e. The molecule has 2 aliphatic rings. The van der Waals surface area contributed by atoms with Crippen molar-refractivity contribution in [2.75, 3.05) is 13.4 Å². The number of carbonyl (C=O) groups is 1. The summed E-state index contributed by atoms with van der Waals surface area (Å²) in [6, 6.07) is 16.1. The molecule has 0 N–H and O–H groups in total. The van der Waals surface area contributed by atoms with Gasteiger partial charge in [-0.25, -0.2) is 9.79 Å². The molecule has 2 aliphatic heterocycles. The summed E-state index contributed by atoms with van der Waals surface area (Å²) in [4.78, 5) is 31.9. The van der Waals surface area contributed by atoms with E-state index in [1.807, 2.05) is 42.5 Å². The number of furan rings is 1. The van der Waals surface area contributed by atoms with Gasteiger partial charge in [0, 0.05) is 16.1 Å². The van der Waals surface area contributed by atoms with Crippen LogP contribution in [0.3, 0.4) is 0 Å². The van der Waals surface area contributed by atoms with Gasteiger partial charge in [-0.2, -0.15) is 0 Å². The Morgan fingerprint density at radius 1 is 1.16 bits per heavy atom. The van der Waals surface area contributed by atoms with Gasteiger partial charge in [0.2, 0.25) is 6.79 Å². The van der Waals surface area contributed by atoms with Gasteiger partial charge in [0.25, 0.3) is 5.56 Å². The van der Waals surface area contributed by atoms with Gasteiger partial charge in [-0.05, 0) is 55.8 Å². The number of benzene rings is 2. The van der Waals surface area contributed by atoms with E-state index in [2.05, 4.69) is 20.9 Å². The lowest BCUT2D eigenvalue weighted by atomic mass is 9.95. The van der Waals surface area contributed by atoms with Gasteiger partial charge >= 0.3 is 5.97 Å². The molecule has 0 saturated heterocycles. The van der Waals surface area contributed by atoms with E-state index in [0.717, 1.165) is 10.0 Å². The Morgan fingerprint density at radius 2 is 1.95 bits per heavy atom. The van der Waals surface area contributed by atoms with Gasteiger partial charge in [0.05, 0.1) is 28.5 Å². The Morgan fingerprint density at radius 3 is 2.74 bits per heavy atom. The number of fused-ring (bicyclic) bond motifs is 2. The third-order valence-electron chi connectivity index (χ3n) is 6.26. The van der Waals surface area contributed by atoms with Crippen LogP contribution in [-0.4, -0.2) is 23.9 Å². The Balaban J connectivity index is 1.47. The monoisotopic (exact) mass is 592 g/mol. The van der Waals surface area contributed by atoms with Crippen molar-refractivity contribution in [3.05, 3.63) is 101 Å². The van der Waals surface area contributed by atoms with Crippen LogP contribution in [0.2, 0.25) is 0 Å². The van der Waals surface area contributed by atoms with E-state index in [1.54, 1.807) is 32.1 Å². The van der Waals surface area contributed by atoms with Gasteiger partial charge < -0.3 is 18.6 Å². The zero-order chi connectivity index (χ0) is 26.4. The van der Waals surface area contributed by atoms with Crippen molar-refractivity contribution in [2.24, 2.45) is 4.99 Å². The predicted octanol–water partition coefficient (Wildman–Crippen LogP) is 4.55. The quantitative estimate of drug-likeness (QED) is 0.316. The summed E-state index contributed by atoms with van der Waals surface area (Å²) < 4.78 is 25.3. The molecule has 0 amide bonds. The Bertz CT molecular complexity index is 1780. The van der Waals surface area contributed by atoms with Gasteiger partial charge in [-0.1, -0.05) is 45.5 Å². The van der Waals surface area contributed by atoms with Crippen LogP contribution in [0.1, 0.15) is 31.2 Å². The number of allylic oxidation sites excluding steroid dienone is 1. The van der Waals surface area contributed by atoms with Gasteiger partial charge in [0.15, 0.2) is 16.3 Å². The SMILES string of the molecule is CCOC(=O)C1=C(C)N=c2sc(=Cc3ccc(-c4ccc(Br)cc4)o3)c(=O)n2C1c1ccc2c(c1)OCO2. The topological polar surface area (TPSA) is 92.3 Å². The van der Waals surface area contributed by atoms with Gasteiger partial charge in [-0.15, -0.1) is 0 Å². The third-order valence-corrected chi connectivity index (χ3v) is 7.77. The normalized spacial score (nSPS) is 16.4. The predicted molar refractivity (Wildman–Crippen MR) is 145 cm³/mol. The summed E-state index contributed by atoms with van der Waals surface area (Å²) in [5, 5.41) is 0. The minimum atomic E-state index is -0.739. The molecule has 1 atom stereocenters. The molecule has 0 bridgehead atoms. The fourth-order valence-electron chi connectivity index (χ4n) is 4.52. The molecule has 2 aromatic carbocycles. The number of halogens is 1. The fraction of sp³-hybridized carbons (Fsp3) is 0.179. The van der Waals surface area contributed by atoms with Crippen molar-refractivity contribution in [3.8, 4) is 22.8 Å². The molecule has 0 aliphatic carbocycles. The minimum absolute atomic E-state index is 0.118. The lowest BCUT2D eigenvalue weighted by molar-refractivity contribution is -0.139. The Labute approximate surface area is 229 Å². The number of esters is 1. The number of aromatic nitrogens is 1. The molecule has 0 saturated carbocycles. The molecule has 6 rings (SSSR count). The minimum Gasteiger partial charge on any atom is -0.463 e. The van der Waals surface area contributed by atoms with Crippen LogP contribution in [0.5, 0.6) is 11.5 Å². The van der Waals surface area contributed by atoms with Gasteiger partial charge in [0.1, 0.15) is 11.5 Å². The maximum absolute atomic E-state index is 13.8. The maximum Gasteiger partial charge on any atom is 0.338 e. The van der Waals surface area contributed by atoms with Crippen molar-refractivity contribution in [2.45, 2.75) is 19.9 Å². The summed E-state index contributed by atoms with van der Waals surface area (Å²) in [6.07, 6.45) is 1.70. The molecule has 0 radical (unpaired) electrons. The fourth-order valence-corrected chi connectivity index (χ4v) is 5.81. The molecule has 4 aromatic rings. The van der Waals surface area contributed by atoms with E-state index >= 15 is 0 Å². The highest BCUT2D eigenvalue weighted by atomic mass is 79.9. The van der Waals surface area contributed by atoms with Crippen molar-refractivity contribution in [1.82, 2.24) is 4.57 Å². The molecule has 38 heavy (non-hydrogen) atoms. The average Bonchev–Trinajstić information content (AvgIpc) is 3.63. The number of ether oxygens (including phenoxy) is 3. The average molecular weight is 593 g/mol. The van der Waals surface area contributed by atoms with Crippen LogP contribution in [0.15, 0.2) is 84.5 Å². The van der Waals surface area contributed by atoms with Gasteiger partial charge in [-0.3, -0.25) is 9.36 Å². The summed E-state index contributed by atoms with van der Waals surface area (Å²) in [6.45, 7) is 3.81. The summed E-state index contributed by atoms with van der Waals surface area (Å²) in [7, 11) is 0. The Kier molecular flexibility index (Phi) is 6.29. The van der Waals surface area contributed by atoms with Crippen molar-refractivity contribution < 1.29 is 23.4 Å². The van der Waals surface area contributed by atoms with E-state index in [0.29, 0.717) is 49.2 Å². The van der Waals surface area contributed by atoms with E-state index in [9.17, 15) is 9.59 Å². The van der Waals surface area contributed by atoms with E-state index in [-0.39, 0.29) is 19.0 Å². The molecular weight excluding hydrogens is 572 g/mol. The number of carbonyl (C=O) groups excluding carboxylic acids is 1. The summed E-state index contributed by atoms with van der Waals surface area (Å²) in [5.74, 6) is 1.87. The second-order valence-electron chi connectivity index (χ2n) is 8.62. The Hall–Kier alpha value is -3.89. The first-order valence-electron chi connectivity index (χ1n) is 11.9. The van der Waals surface area contributed by atoms with Crippen LogP contribution in [0.25, 0.3) is 17.4 Å². The standard InChI is InChI=1S/C28H21BrN2O6S/c1-3-34-27(33)24-15(2)30-28-31(25(24)17-6-10-21-22(12-17)36-14-35-21)26(32)23(38-28)13-19-9-11-20(37-19)16-4-7-18(29)8-5-16/h4-13,25H,3,14H2,1-2H3. The van der Waals surface area contributed by atoms with Crippen molar-refractivity contribution in [3.63, 3.8) is 0 Å². The molecule has 8 nitrogen and oxygen atoms in total. The van der Waals surface area contributed by atoms with E-state index in [1.165, 1.54) is 15.9 Å². The van der Waals surface area contributed by atoms with Crippen LogP contribution in [-0.2, 0) is 9.53 Å². The highest BCUT2D eigenvalue weighted by Gasteiger charge is 2.34. The van der Waals surface area contributed by atoms with Crippen LogP contribution < -0.4 is 24.4 Å². The number of hydrogen-bond acceptors (Lipinski definition) is 8. The molecule has 0 fully saturated rings. The highest BCUT2D eigenvalue weighted by molar-refractivity contribution is 9.10. The summed E-state index contributed by atoms with van der Waals surface area (Å²) in [5.41, 5.74) is 2.13. The molecule has 1 unspecified atom stereocenters. The van der Waals surface area contributed by atoms with Crippen molar-refractivity contribution >= 4 is 39.3 Å². The van der Waals surface area contributed by atoms with E-state index < -0.39 is 12.0 Å². The molecule has 4 heterocycles. The van der Waals surface area contributed by atoms with Crippen molar-refractivity contribution in [1.29, 1.82) is 0 Å². The zero-order valence-electron chi connectivity index (χ0n) is 20.4. The number of nitrogens with zero attached hydrogens (tertiary/aromatic N) is 2. The number of thiazole rings is 1.